The van der Waals surface area contributed by atoms with Gasteiger partial charge in [-0.1, -0.05) is 63.3 Å². The van der Waals surface area contributed by atoms with Gasteiger partial charge in [-0.3, -0.25) is 15.1 Å². The highest BCUT2D eigenvalue weighted by Crippen LogP contribution is 2.18. The Morgan fingerprint density at radius 3 is 2.58 bits per heavy atom. The van der Waals surface area contributed by atoms with Crippen LogP contribution in [0.1, 0.15) is 26.3 Å². The molecule has 1 unspecified atom stereocenters. The minimum absolute atomic E-state index is 0.0491. The number of rotatable bonds is 6. The second-order valence-electron chi connectivity index (χ2n) is 6.84. The average molecular weight is 324 g/mol. The summed E-state index contributed by atoms with van der Waals surface area (Å²) in [5, 5.41) is 12.4. The van der Waals surface area contributed by atoms with Crippen LogP contribution in [0.3, 0.4) is 0 Å². The van der Waals surface area contributed by atoms with Gasteiger partial charge in [0.1, 0.15) is 6.04 Å². The van der Waals surface area contributed by atoms with Crippen LogP contribution in [0.25, 0.3) is 11.3 Å². The number of carboxylic acids is 1. The van der Waals surface area contributed by atoms with Gasteiger partial charge >= 0.3 is 5.97 Å². The first-order valence-corrected chi connectivity index (χ1v) is 8.01. The fraction of sp³-hybridized carbons (Fsp3) is 0.300. The predicted molar refractivity (Wildman–Crippen MR) is 96.5 cm³/mol. The Kier molecular flexibility index (Phi) is 5.88. The minimum atomic E-state index is -0.882. The third kappa shape index (κ3) is 5.63. The average Bonchev–Trinajstić information content (AvgIpc) is 2.54. The Bertz CT molecular complexity index is 703. The lowest BCUT2D eigenvalue weighted by atomic mass is 9.95. The van der Waals surface area contributed by atoms with Crippen molar-refractivity contribution in [3.8, 4) is 11.3 Å². The summed E-state index contributed by atoms with van der Waals surface area (Å²) in [6.45, 7) is 6.58. The molecular formula is C20H24N2O2. The van der Waals surface area contributed by atoms with E-state index in [1.807, 2.05) is 69.3 Å². The molecule has 4 nitrogen and oxygen atoms in total. The molecule has 0 amide bonds. The van der Waals surface area contributed by atoms with E-state index in [-0.39, 0.29) is 5.41 Å². The maximum absolute atomic E-state index is 11.4. The highest BCUT2D eigenvalue weighted by atomic mass is 16.4. The second-order valence-corrected chi connectivity index (χ2v) is 6.84. The van der Waals surface area contributed by atoms with E-state index in [0.29, 0.717) is 6.54 Å². The summed E-state index contributed by atoms with van der Waals surface area (Å²) in [4.78, 5) is 15.8. The number of nitrogens with zero attached hydrogens (tertiary/aromatic N) is 1. The van der Waals surface area contributed by atoms with Crippen molar-refractivity contribution in [2.45, 2.75) is 33.4 Å². The Labute approximate surface area is 143 Å². The van der Waals surface area contributed by atoms with Gasteiger partial charge in [-0.15, -0.1) is 0 Å². The van der Waals surface area contributed by atoms with Crippen LogP contribution in [0.15, 0.2) is 60.8 Å². The first-order chi connectivity index (χ1) is 11.3. The molecule has 4 heteroatoms. The summed E-state index contributed by atoms with van der Waals surface area (Å²) in [5.41, 5.74) is 2.88. The molecule has 0 fully saturated rings. The molecule has 0 radical (unpaired) electrons. The number of benzene rings is 1. The molecule has 1 aromatic heterocycles. The molecule has 2 N–H and O–H groups in total. The van der Waals surface area contributed by atoms with Gasteiger partial charge in [0.05, 0.1) is 5.69 Å². The van der Waals surface area contributed by atoms with E-state index < -0.39 is 12.0 Å². The normalized spacial score (nSPS) is 13.1. The summed E-state index contributed by atoms with van der Waals surface area (Å²) < 4.78 is 0. The third-order valence-electron chi connectivity index (χ3n) is 3.47. The number of pyridine rings is 1. The van der Waals surface area contributed by atoms with E-state index in [2.05, 4.69) is 10.3 Å². The fourth-order valence-corrected chi connectivity index (χ4v) is 2.20. The van der Waals surface area contributed by atoms with E-state index in [4.69, 9.17) is 0 Å². The van der Waals surface area contributed by atoms with E-state index in [1.54, 1.807) is 12.3 Å². The number of allylic oxidation sites excluding steroid dienone is 1. The highest BCUT2D eigenvalue weighted by molar-refractivity contribution is 5.75. The van der Waals surface area contributed by atoms with E-state index in [9.17, 15) is 9.90 Å². The standard InChI is InChI=1S/C20H24N2O2/c1-20(2,3)11-9-17(19(23)24)22-14-15-10-12-21-18(13-15)16-7-5-4-6-8-16/h4-13,17,22H,14H2,1-3H3,(H,23,24)/b11-9+. The molecular weight excluding hydrogens is 300 g/mol. The van der Waals surface area contributed by atoms with Crippen molar-refractivity contribution < 1.29 is 9.90 Å². The molecule has 0 aliphatic heterocycles. The largest absolute Gasteiger partial charge is 0.480 e. The van der Waals surface area contributed by atoms with Gasteiger partial charge in [0.25, 0.3) is 0 Å². The monoisotopic (exact) mass is 324 g/mol. The third-order valence-corrected chi connectivity index (χ3v) is 3.47. The van der Waals surface area contributed by atoms with Crippen molar-refractivity contribution in [1.82, 2.24) is 10.3 Å². The van der Waals surface area contributed by atoms with Crippen LogP contribution in [0.4, 0.5) is 0 Å². The Morgan fingerprint density at radius 1 is 1.25 bits per heavy atom. The van der Waals surface area contributed by atoms with Gasteiger partial charge in [-0.2, -0.15) is 0 Å². The Balaban J connectivity index is 2.08. The van der Waals surface area contributed by atoms with Crippen LogP contribution in [0, 0.1) is 5.41 Å². The number of carboxylic acid groups (broad SMARTS) is 1. The zero-order chi connectivity index (χ0) is 17.6. The Hall–Kier alpha value is -2.46. The van der Waals surface area contributed by atoms with Crippen molar-refractivity contribution in [3.05, 3.63) is 66.4 Å². The summed E-state index contributed by atoms with van der Waals surface area (Å²) in [5.74, 6) is -0.882. The highest BCUT2D eigenvalue weighted by Gasteiger charge is 2.15. The maximum Gasteiger partial charge on any atom is 0.324 e. The summed E-state index contributed by atoms with van der Waals surface area (Å²) >= 11 is 0. The number of hydrogen-bond acceptors (Lipinski definition) is 3. The van der Waals surface area contributed by atoms with Crippen LogP contribution in [0.5, 0.6) is 0 Å². The van der Waals surface area contributed by atoms with Crippen molar-refractivity contribution in [1.29, 1.82) is 0 Å². The number of carbonyl (C=O) groups is 1. The molecule has 0 saturated carbocycles. The van der Waals surface area contributed by atoms with Gasteiger partial charge in [0.2, 0.25) is 0 Å². The molecule has 0 aliphatic rings. The molecule has 0 spiro atoms. The number of aromatic nitrogens is 1. The quantitative estimate of drug-likeness (QED) is 0.791. The van der Waals surface area contributed by atoms with Crippen molar-refractivity contribution in [3.63, 3.8) is 0 Å². The van der Waals surface area contributed by atoms with Crippen LogP contribution in [-0.4, -0.2) is 22.1 Å². The first kappa shape index (κ1) is 17.9. The molecule has 0 bridgehead atoms. The molecule has 1 atom stereocenters. The van der Waals surface area contributed by atoms with Gasteiger partial charge in [-0.05, 0) is 23.1 Å². The summed E-state index contributed by atoms with van der Waals surface area (Å²) in [6, 6.07) is 13.1. The summed E-state index contributed by atoms with van der Waals surface area (Å²) in [6.07, 6.45) is 5.38. The number of nitrogens with one attached hydrogen (secondary N) is 1. The smallest absolute Gasteiger partial charge is 0.324 e. The molecule has 1 aromatic carbocycles. The molecule has 0 aliphatic carbocycles. The zero-order valence-corrected chi connectivity index (χ0v) is 14.4. The maximum atomic E-state index is 11.4. The van der Waals surface area contributed by atoms with Gasteiger partial charge in [0, 0.05) is 18.3 Å². The molecule has 126 valence electrons. The van der Waals surface area contributed by atoms with Crippen molar-refractivity contribution in [2.24, 2.45) is 5.41 Å². The number of hydrogen-bond donors (Lipinski definition) is 2. The molecule has 1 heterocycles. The lowest BCUT2D eigenvalue weighted by molar-refractivity contribution is -0.138. The SMILES string of the molecule is CC(C)(C)/C=C/C(NCc1ccnc(-c2ccccc2)c1)C(=O)O. The predicted octanol–water partition coefficient (Wildman–Crippen LogP) is 3.89. The van der Waals surface area contributed by atoms with E-state index in [0.717, 1.165) is 16.8 Å². The lowest BCUT2D eigenvalue weighted by Gasteiger charge is -2.15. The second kappa shape index (κ2) is 7.88. The van der Waals surface area contributed by atoms with Crippen LogP contribution in [0.2, 0.25) is 0 Å². The first-order valence-electron chi connectivity index (χ1n) is 8.01. The van der Waals surface area contributed by atoms with Crippen LogP contribution < -0.4 is 5.32 Å². The lowest BCUT2D eigenvalue weighted by Crippen LogP contribution is -2.34. The van der Waals surface area contributed by atoms with Gasteiger partial charge in [-0.25, -0.2) is 0 Å². The topological polar surface area (TPSA) is 62.2 Å². The van der Waals surface area contributed by atoms with Gasteiger partial charge in [0.15, 0.2) is 0 Å². The van der Waals surface area contributed by atoms with E-state index in [1.165, 1.54) is 0 Å². The van der Waals surface area contributed by atoms with Crippen molar-refractivity contribution >= 4 is 5.97 Å². The molecule has 24 heavy (non-hydrogen) atoms. The number of aliphatic carboxylic acids is 1. The molecule has 2 rings (SSSR count). The zero-order valence-electron chi connectivity index (χ0n) is 14.4. The fourth-order valence-electron chi connectivity index (χ4n) is 2.20. The van der Waals surface area contributed by atoms with E-state index >= 15 is 0 Å². The van der Waals surface area contributed by atoms with Crippen molar-refractivity contribution in [2.75, 3.05) is 0 Å². The Morgan fingerprint density at radius 2 is 1.96 bits per heavy atom. The van der Waals surface area contributed by atoms with Crippen LogP contribution >= 0.6 is 0 Å². The summed E-state index contributed by atoms with van der Waals surface area (Å²) in [7, 11) is 0. The van der Waals surface area contributed by atoms with Gasteiger partial charge < -0.3 is 5.11 Å². The van der Waals surface area contributed by atoms with Crippen LogP contribution in [-0.2, 0) is 11.3 Å². The molecule has 0 saturated heterocycles. The molecule has 2 aromatic rings. The minimum Gasteiger partial charge on any atom is -0.480 e.